The number of aryl methyl sites for hydroxylation is 1. The molecule has 2 aromatic rings. The van der Waals surface area contributed by atoms with Gasteiger partial charge in [0.2, 0.25) is 0 Å². The lowest BCUT2D eigenvalue weighted by atomic mass is 9.94. The number of benzene rings is 1. The molecule has 1 amide bonds. The summed E-state index contributed by atoms with van der Waals surface area (Å²) in [6, 6.07) is 4.60. The van der Waals surface area contributed by atoms with Gasteiger partial charge in [-0.25, -0.2) is 9.97 Å². The van der Waals surface area contributed by atoms with Gasteiger partial charge in [0.1, 0.15) is 11.6 Å². The molecule has 0 radical (unpaired) electrons. The van der Waals surface area contributed by atoms with Crippen molar-refractivity contribution in [2.24, 2.45) is 0 Å². The van der Waals surface area contributed by atoms with Crippen LogP contribution in [0.5, 0.6) is 5.75 Å². The predicted octanol–water partition coefficient (Wildman–Crippen LogP) is 4.42. The van der Waals surface area contributed by atoms with E-state index in [2.05, 4.69) is 15.3 Å². The van der Waals surface area contributed by atoms with E-state index in [-0.39, 0.29) is 36.0 Å². The minimum atomic E-state index is -4.52. The molecule has 0 bridgehead atoms. The van der Waals surface area contributed by atoms with Gasteiger partial charge in [0.15, 0.2) is 12.3 Å². The van der Waals surface area contributed by atoms with Crippen LogP contribution in [0.2, 0.25) is 10.0 Å². The van der Waals surface area contributed by atoms with Crippen LogP contribution in [0.4, 0.5) is 13.2 Å². The molecule has 0 unspecified atom stereocenters. The van der Waals surface area contributed by atoms with Crippen LogP contribution >= 0.6 is 23.2 Å². The topological polar surface area (TPSA) is 64.1 Å². The Hall–Kier alpha value is -2.06. The fourth-order valence-electron chi connectivity index (χ4n) is 3.09. The number of carbonyl (C=O) groups excluding carboxylic acids is 1. The minimum Gasteiger partial charge on any atom is -0.482 e. The largest absolute Gasteiger partial charge is 0.482 e. The van der Waals surface area contributed by atoms with Gasteiger partial charge in [0.05, 0.1) is 5.02 Å². The summed E-state index contributed by atoms with van der Waals surface area (Å²) < 4.78 is 45.3. The van der Waals surface area contributed by atoms with E-state index in [0.717, 1.165) is 6.42 Å². The molecule has 1 aliphatic carbocycles. The lowest BCUT2D eigenvalue weighted by molar-refractivity contribution is -0.142. The lowest BCUT2D eigenvalue weighted by Crippen LogP contribution is -2.31. The molecule has 1 aromatic heterocycles. The van der Waals surface area contributed by atoms with Crippen LogP contribution in [0.3, 0.4) is 0 Å². The highest BCUT2D eigenvalue weighted by Gasteiger charge is 2.37. The maximum absolute atomic E-state index is 13.3. The normalized spacial score (nSPS) is 13.7. The highest BCUT2D eigenvalue weighted by molar-refractivity contribution is 6.35. The van der Waals surface area contributed by atoms with Gasteiger partial charge >= 0.3 is 6.18 Å². The van der Waals surface area contributed by atoms with Crippen molar-refractivity contribution < 1.29 is 22.7 Å². The molecule has 0 aliphatic heterocycles. The van der Waals surface area contributed by atoms with E-state index in [0.29, 0.717) is 35.7 Å². The third kappa shape index (κ3) is 5.73. The van der Waals surface area contributed by atoms with E-state index in [9.17, 15) is 18.0 Å². The zero-order valence-electron chi connectivity index (χ0n) is 15.3. The molecule has 29 heavy (non-hydrogen) atoms. The summed E-state index contributed by atoms with van der Waals surface area (Å²) in [4.78, 5) is 19.9. The van der Waals surface area contributed by atoms with Gasteiger partial charge in [-0.3, -0.25) is 4.79 Å². The van der Waals surface area contributed by atoms with E-state index in [4.69, 9.17) is 27.9 Å². The molecule has 10 heteroatoms. The molecule has 1 aliphatic rings. The molecule has 3 rings (SSSR count). The van der Waals surface area contributed by atoms with Crippen LogP contribution in [0.15, 0.2) is 18.2 Å². The Morgan fingerprint density at radius 3 is 2.66 bits per heavy atom. The van der Waals surface area contributed by atoms with E-state index >= 15 is 0 Å². The quantitative estimate of drug-likeness (QED) is 0.711. The first-order valence-corrected chi connectivity index (χ1v) is 9.80. The molecule has 0 atom stereocenters. The third-order valence-electron chi connectivity index (χ3n) is 4.42. The molecule has 5 nitrogen and oxygen atoms in total. The Bertz CT molecular complexity index is 907. The van der Waals surface area contributed by atoms with Crippen molar-refractivity contribution in [3.63, 3.8) is 0 Å². The van der Waals surface area contributed by atoms with Gasteiger partial charge in [0, 0.05) is 29.2 Å². The number of hydrogen-bond donors (Lipinski definition) is 1. The predicted molar refractivity (Wildman–Crippen MR) is 102 cm³/mol. The Kier molecular flexibility index (Phi) is 6.85. The van der Waals surface area contributed by atoms with Gasteiger partial charge in [-0.15, -0.1) is 0 Å². The van der Waals surface area contributed by atoms with Crippen molar-refractivity contribution in [1.29, 1.82) is 0 Å². The summed E-state index contributed by atoms with van der Waals surface area (Å²) in [5.74, 6) is -0.0657. The van der Waals surface area contributed by atoms with Gasteiger partial charge in [-0.2, -0.15) is 13.2 Å². The number of ether oxygens (including phenoxy) is 1. The molecule has 1 N–H and O–H groups in total. The maximum Gasteiger partial charge on any atom is 0.433 e. The maximum atomic E-state index is 13.3. The summed E-state index contributed by atoms with van der Waals surface area (Å²) in [7, 11) is 0. The smallest absolute Gasteiger partial charge is 0.433 e. The van der Waals surface area contributed by atoms with Gasteiger partial charge in [0.25, 0.3) is 5.91 Å². The second-order valence-electron chi connectivity index (χ2n) is 6.58. The molecule has 156 valence electrons. The van der Waals surface area contributed by atoms with Gasteiger partial charge in [-0.05, 0) is 43.9 Å². The molecular formula is C19H18Cl2F3N3O2. The first-order valence-electron chi connectivity index (χ1n) is 9.04. The van der Waals surface area contributed by atoms with Crippen molar-refractivity contribution in [2.75, 3.05) is 13.2 Å². The van der Waals surface area contributed by atoms with E-state index in [1.54, 1.807) is 6.07 Å². The second kappa shape index (κ2) is 9.17. The second-order valence-corrected chi connectivity index (χ2v) is 7.43. The standard InChI is InChI=1S/C19H18Cl2F3N3O2/c20-11-5-6-15(13(21)9-11)29-10-17(28)25-8-7-16-26-14-4-2-1-3-12(14)18(27-16)19(22,23)24/h5-6,9H,1-4,7-8,10H2,(H,25,28). The fraction of sp³-hybridized carbons (Fsp3) is 0.421. The number of amides is 1. The molecule has 0 saturated heterocycles. The van der Waals surface area contributed by atoms with Crippen LogP contribution in [0.1, 0.15) is 35.6 Å². The van der Waals surface area contributed by atoms with E-state index in [1.807, 2.05) is 0 Å². The fourth-order valence-corrected chi connectivity index (χ4v) is 3.55. The number of aromatic nitrogens is 2. The number of hydrogen-bond acceptors (Lipinski definition) is 4. The van der Waals surface area contributed by atoms with E-state index in [1.165, 1.54) is 12.1 Å². The summed E-state index contributed by atoms with van der Waals surface area (Å²) in [5.41, 5.74) is -0.199. The minimum absolute atomic E-state index is 0.0694. The first-order chi connectivity index (χ1) is 13.7. The number of halogens is 5. The zero-order valence-corrected chi connectivity index (χ0v) is 16.8. The van der Waals surface area contributed by atoms with Crippen LogP contribution in [-0.4, -0.2) is 29.0 Å². The summed E-state index contributed by atoms with van der Waals surface area (Å²) in [6.07, 6.45) is -2.08. The number of nitrogens with one attached hydrogen (secondary N) is 1. The number of fused-ring (bicyclic) bond motifs is 1. The Morgan fingerprint density at radius 2 is 1.93 bits per heavy atom. The van der Waals surface area contributed by atoms with Crippen LogP contribution < -0.4 is 10.1 Å². The summed E-state index contributed by atoms with van der Waals surface area (Å²) in [5, 5.41) is 3.29. The summed E-state index contributed by atoms with van der Waals surface area (Å²) >= 11 is 11.7. The lowest BCUT2D eigenvalue weighted by Gasteiger charge is -2.20. The highest BCUT2D eigenvalue weighted by atomic mass is 35.5. The highest BCUT2D eigenvalue weighted by Crippen LogP contribution is 2.34. The SMILES string of the molecule is O=C(COc1ccc(Cl)cc1Cl)NCCc1nc2c(c(C(F)(F)F)n1)CCCC2. The van der Waals surface area contributed by atoms with Crippen molar-refractivity contribution in [2.45, 2.75) is 38.3 Å². The molecule has 1 aromatic carbocycles. The molecule has 0 fully saturated rings. The summed E-state index contributed by atoms with van der Waals surface area (Å²) in [6.45, 7) is -0.202. The molecule has 1 heterocycles. The first kappa shape index (κ1) is 21.6. The van der Waals surface area contributed by atoms with Crippen molar-refractivity contribution >= 4 is 29.1 Å². The average molecular weight is 448 g/mol. The van der Waals surface area contributed by atoms with Crippen LogP contribution in [0.25, 0.3) is 0 Å². The van der Waals surface area contributed by atoms with Crippen molar-refractivity contribution in [1.82, 2.24) is 15.3 Å². The Morgan fingerprint density at radius 1 is 1.17 bits per heavy atom. The van der Waals surface area contributed by atoms with Crippen LogP contribution in [0, 0.1) is 0 Å². The molecule has 0 spiro atoms. The molecular weight excluding hydrogens is 430 g/mol. The number of rotatable bonds is 6. The monoisotopic (exact) mass is 447 g/mol. The molecule has 0 saturated carbocycles. The zero-order chi connectivity index (χ0) is 21.0. The van der Waals surface area contributed by atoms with E-state index < -0.39 is 17.8 Å². The number of alkyl halides is 3. The Labute approximate surface area is 175 Å². The average Bonchev–Trinajstić information content (AvgIpc) is 2.66. The van der Waals surface area contributed by atoms with Crippen LogP contribution in [-0.2, 0) is 30.2 Å². The third-order valence-corrected chi connectivity index (χ3v) is 4.95. The van der Waals surface area contributed by atoms with Crippen molar-refractivity contribution in [3.8, 4) is 5.75 Å². The van der Waals surface area contributed by atoms with Crippen molar-refractivity contribution in [3.05, 3.63) is 51.0 Å². The Balaban J connectivity index is 1.56. The van der Waals surface area contributed by atoms with Gasteiger partial charge < -0.3 is 10.1 Å². The number of nitrogens with zero attached hydrogens (tertiary/aromatic N) is 2. The number of carbonyl (C=O) groups is 1. The van der Waals surface area contributed by atoms with Gasteiger partial charge in [-0.1, -0.05) is 23.2 Å².